The van der Waals surface area contributed by atoms with Gasteiger partial charge in [-0.15, -0.1) is 0 Å². The number of halogens is 1. The molecule has 24 heavy (non-hydrogen) atoms. The number of carbonyl (C=O) groups is 2. The molecule has 1 aliphatic rings. The Hall–Kier alpha value is -1.65. The Morgan fingerprint density at radius 1 is 1.25 bits per heavy atom. The third-order valence-corrected chi connectivity index (χ3v) is 4.47. The van der Waals surface area contributed by atoms with Crippen LogP contribution < -0.4 is 0 Å². The minimum Gasteiger partial charge on any atom is -0.466 e. The van der Waals surface area contributed by atoms with Crippen molar-refractivity contribution in [3.63, 3.8) is 0 Å². The standard InChI is InChI=1S/C19H24ClNO3/c1-2-24-19(23)16-9-12-21(13-10-16)14-11-18(22)8-5-15-3-6-17(20)7-4-15/h3-8,16H,2,9-14H2,1H3. The molecule has 0 N–H and O–H groups in total. The van der Waals surface area contributed by atoms with Crippen molar-refractivity contribution in [2.45, 2.75) is 26.2 Å². The van der Waals surface area contributed by atoms with Crippen LogP contribution in [0.4, 0.5) is 0 Å². The third-order valence-electron chi connectivity index (χ3n) is 4.21. The van der Waals surface area contributed by atoms with Crippen LogP contribution in [0.25, 0.3) is 6.08 Å². The molecule has 0 unspecified atom stereocenters. The molecule has 0 radical (unpaired) electrons. The van der Waals surface area contributed by atoms with E-state index in [4.69, 9.17) is 16.3 Å². The molecule has 0 spiro atoms. The van der Waals surface area contributed by atoms with Crippen LogP contribution in [0, 0.1) is 5.92 Å². The van der Waals surface area contributed by atoms with E-state index in [0.29, 0.717) is 18.1 Å². The zero-order valence-electron chi connectivity index (χ0n) is 14.0. The molecule has 2 rings (SSSR count). The number of likely N-dealkylation sites (tertiary alicyclic amines) is 1. The maximum Gasteiger partial charge on any atom is 0.309 e. The topological polar surface area (TPSA) is 46.6 Å². The minimum atomic E-state index is -0.0841. The van der Waals surface area contributed by atoms with Crippen molar-refractivity contribution in [1.82, 2.24) is 4.90 Å². The summed E-state index contributed by atoms with van der Waals surface area (Å²) in [7, 11) is 0. The van der Waals surface area contributed by atoms with E-state index in [2.05, 4.69) is 4.90 Å². The molecule has 1 fully saturated rings. The van der Waals surface area contributed by atoms with Gasteiger partial charge in [0, 0.05) is 18.0 Å². The first-order valence-electron chi connectivity index (χ1n) is 8.44. The van der Waals surface area contributed by atoms with Gasteiger partial charge in [0.2, 0.25) is 0 Å². The van der Waals surface area contributed by atoms with Crippen LogP contribution >= 0.6 is 11.6 Å². The fourth-order valence-corrected chi connectivity index (χ4v) is 2.89. The summed E-state index contributed by atoms with van der Waals surface area (Å²) in [5, 5.41) is 0.685. The van der Waals surface area contributed by atoms with Crippen LogP contribution in [-0.2, 0) is 14.3 Å². The zero-order chi connectivity index (χ0) is 17.4. The molecule has 5 heteroatoms. The van der Waals surface area contributed by atoms with Gasteiger partial charge in [-0.1, -0.05) is 29.8 Å². The Labute approximate surface area is 148 Å². The van der Waals surface area contributed by atoms with Crippen LogP contribution in [0.3, 0.4) is 0 Å². The number of nitrogens with zero attached hydrogens (tertiary/aromatic N) is 1. The number of allylic oxidation sites excluding steroid dienone is 1. The van der Waals surface area contributed by atoms with Gasteiger partial charge in [0.15, 0.2) is 5.78 Å². The van der Waals surface area contributed by atoms with Crippen molar-refractivity contribution in [3.05, 3.63) is 40.9 Å². The molecule has 0 atom stereocenters. The predicted molar refractivity (Wildman–Crippen MR) is 95.9 cm³/mol. The maximum atomic E-state index is 12.0. The normalized spacial score (nSPS) is 16.4. The smallest absolute Gasteiger partial charge is 0.309 e. The first-order valence-corrected chi connectivity index (χ1v) is 8.81. The maximum absolute atomic E-state index is 12.0. The molecule has 1 heterocycles. The van der Waals surface area contributed by atoms with Gasteiger partial charge in [0.1, 0.15) is 0 Å². The van der Waals surface area contributed by atoms with Crippen molar-refractivity contribution in [2.75, 3.05) is 26.2 Å². The van der Waals surface area contributed by atoms with Gasteiger partial charge < -0.3 is 9.64 Å². The Morgan fingerprint density at radius 2 is 1.92 bits per heavy atom. The molecule has 1 aromatic rings. The summed E-state index contributed by atoms with van der Waals surface area (Å²) in [6.07, 6.45) is 5.55. The Kier molecular flexibility index (Phi) is 7.47. The number of piperidine rings is 1. The number of rotatable bonds is 7. The Bertz CT molecular complexity index is 575. The number of esters is 1. The van der Waals surface area contributed by atoms with E-state index in [1.807, 2.05) is 25.1 Å². The second-order valence-corrected chi connectivity index (χ2v) is 6.41. The van der Waals surface area contributed by atoms with Gasteiger partial charge in [-0.25, -0.2) is 0 Å². The van der Waals surface area contributed by atoms with Crippen LogP contribution in [0.15, 0.2) is 30.3 Å². The van der Waals surface area contributed by atoms with Crippen molar-refractivity contribution < 1.29 is 14.3 Å². The number of ketones is 1. The minimum absolute atomic E-state index is 0.0155. The Morgan fingerprint density at radius 3 is 2.54 bits per heavy atom. The molecular weight excluding hydrogens is 326 g/mol. The van der Waals surface area contributed by atoms with Gasteiger partial charge in [-0.2, -0.15) is 0 Å². The largest absolute Gasteiger partial charge is 0.466 e. The highest BCUT2D eigenvalue weighted by molar-refractivity contribution is 6.30. The van der Waals surface area contributed by atoms with Crippen molar-refractivity contribution in [1.29, 1.82) is 0 Å². The van der Waals surface area contributed by atoms with E-state index in [0.717, 1.165) is 38.0 Å². The number of carbonyl (C=O) groups excluding carboxylic acids is 2. The Balaban J connectivity index is 1.69. The number of ether oxygens (including phenoxy) is 1. The van der Waals surface area contributed by atoms with E-state index in [-0.39, 0.29) is 17.7 Å². The second-order valence-electron chi connectivity index (χ2n) is 5.97. The zero-order valence-corrected chi connectivity index (χ0v) is 14.8. The monoisotopic (exact) mass is 349 g/mol. The van der Waals surface area contributed by atoms with Gasteiger partial charge in [-0.05, 0) is 56.6 Å². The van der Waals surface area contributed by atoms with Crippen LogP contribution in [0.2, 0.25) is 5.02 Å². The molecule has 130 valence electrons. The molecule has 0 aromatic heterocycles. The SMILES string of the molecule is CCOC(=O)C1CCN(CCC(=O)C=Cc2ccc(Cl)cc2)CC1. The first kappa shape index (κ1) is 18.7. The van der Waals surface area contributed by atoms with Gasteiger partial charge >= 0.3 is 5.97 Å². The summed E-state index contributed by atoms with van der Waals surface area (Å²) in [6, 6.07) is 7.37. The second kappa shape index (κ2) is 9.60. The van der Waals surface area contributed by atoms with Gasteiger partial charge in [-0.3, -0.25) is 9.59 Å². The lowest BCUT2D eigenvalue weighted by Crippen LogP contribution is -2.37. The highest BCUT2D eigenvalue weighted by atomic mass is 35.5. The summed E-state index contributed by atoms with van der Waals surface area (Å²) < 4.78 is 5.07. The van der Waals surface area contributed by atoms with Gasteiger partial charge in [0.05, 0.1) is 12.5 Å². The summed E-state index contributed by atoms with van der Waals surface area (Å²) >= 11 is 5.83. The molecule has 1 aromatic carbocycles. The quantitative estimate of drug-likeness (QED) is 0.557. The molecule has 4 nitrogen and oxygen atoms in total. The summed E-state index contributed by atoms with van der Waals surface area (Å²) in [5.41, 5.74) is 0.961. The summed E-state index contributed by atoms with van der Waals surface area (Å²) in [4.78, 5) is 25.9. The average molecular weight is 350 g/mol. The van der Waals surface area contributed by atoms with E-state index < -0.39 is 0 Å². The van der Waals surface area contributed by atoms with E-state index in [1.54, 1.807) is 18.2 Å². The number of hydrogen-bond acceptors (Lipinski definition) is 4. The average Bonchev–Trinajstić information content (AvgIpc) is 2.60. The van der Waals surface area contributed by atoms with E-state index in [1.165, 1.54) is 0 Å². The van der Waals surface area contributed by atoms with E-state index in [9.17, 15) is 9.59 Å². The predicted octanol–water partition coefficient (Wildman–Crippen LogP) is 3.59. The number of hydrogen-bond donors (Lipinski definition) is 0. The van der Waals surface area contributed by atoms with Crippen molar-refractivity contribution in [3.8, 4) is 0 Å². The van der Waals surface area contributed by atoms with Crippen LogP contribution in [-0.4, -0.2) is 42.9 Å². The van der Waals surface area contributed by atoms with Crippen molar-refractivity contribution >= 4 is 29.4 Å². The molecular formula is C19H24ClNO3. The molecule has 1 aliphatic heterocycles. The highest BCUT2D eigenvalue weighted by Gasteiger charge is 2.25. The van der Waals surface area contributed by atoms with Crippen molar-refractivity contribution in [2.24, 2.45) is 5.92 Å². The molecule has 0 saturated carbocycles. The molecule has 0 amide bonds. The van der Waals surface area contributed by atoms with Crippen LogP contribution in [0.5, 0.6) is 0 Å². The molecule has 1 saturated heterocycles. The third kappa shape index (κ3) is 6.10. The summed E-state index contributed by atoms with van der Waals surface area (Å²) in [6.45, 7) is 4.69. The fraction of sp³-hybridized carbons (Fsp3) is 0.474. The first-order chi connectivity index (χ1) is 11.6. The lowest BCUT2D eigenvalue weighted by molar-refractivity contribution is -0.149. The number of benzene rings is 1. The van der Waals surface area contributed by atoms with E-state index >= 15 is 0 Å². The van der Waals surface area contributed by atoms with Crippen LogP contribution in [0.1, 0.15) is 31.7 Å². The van der Waals surface area contributed by atoms with Gasteiger partial charge in [0.25, 0.3) is 0 Å². The lowest BCUT2D eigenvalue weighted by atomic mass is 9.97. The highest BCUT2D eigenvalue weighted by Crippen LogP contribution is 2.19. The summed E-state index contributed by atoms with van der Waals surface area (Å²) in [5.74, 6) is 0.0401. The lowest BCUT2D eigenvalue weighted by Gasteiger charge is -2.30. The molecule has 0 bridgehead atoms. The molecule has 0 aliphatic carbocycles. The fourth-order valence-electron chi connectivity index (χ4n) is 2.77.